The monoisotopic (exact) mass is 426 g/mol. The van der Waals surface area contributed by atoms with Crippen molar-refractivity contribution < 1.29 is 33.8 Å². The highest BCUT2D eigenvalue weighted by Crippen LogP contribution is 2.40. The molecule has 4 N–H and O–H groups in total. The molecule has 3 heterocycles. The van der Waals surface area contributed by atoms with Gasteiger partial charge >= 0.3 is 11.9 Å². The summed E-state index contributed by atoms with van der Waals surface area (Å²) in [4.78, 5) is 64.0. The van der Waals surface area contributed by atoms with Gasteiger partial charge in [0.2, 0.25) is 0 Å². The highest BCUT2D eigenvalue weighted by atomic mass is 32.2. The maximum absolute atomic E-state index is 12.4. The van der Waals surface area contributed by atoms with Gasteiger partial charge in [-0.05, 0) is 0 Å². The van der Waals surface area contributed by atoms with Gasteiger partial charge in [-0.15, -0.1) is 23.1 Å². The Labute approximate surface area is 165 Å². The third-order valence-corrected chi connectivity index (χ3v) is 5.96. The zero-order chi connectivity index (χ0) is 20.6. The smallest absolute Gasteiger partial charge is 0.352 e. The number of thioether (sulfide) groups is 1. The minimum Gasteiger partial charge on any atom is -0.477 e. The third-order valence-electron chi connectivity index (χ3n) is 3.95. The molecule has 0 unspecified atom stereocenters. The van der Waals surface area contributed by atoms with E-state index < -0.39 is 41.0 Å². The number of esters is 1. The molecule has 0 bridgehead atoms. The van der Waals surface area contributed by atoms with Crippen LogP contribution in [0.5, 0.6) is 0 Å². The van der Waals surface area contributed by atoms with E-state index in [-0.39, 0.29) is 34.5 Å². The largest absolute Gasteiger partial charge is 0.477 e. The number of aromatic nitrogens is 1. The minimum absolute atomic E-state index is 0.126. The molecular formula is C15H14N4O7S2. The Morgan fingerprint density at radius 1 is 1.43 bits per heavy atom. The van der Waals surface area contributed by atoms with E-state index in [9.17, 15) is 29.1 Å². The summed E-state index contributed by atoms with van der Waals surface area (Å²) < 4.78 is 4.84. The molecule has 13 heteroatoms. The van der Waals surface area contributed by atoms with Crippen LogP contribution in [0.2, 0.25) is 0 Å². The van der Waals surface area contributed by atoms with E-state index >= 15 is 0 Å². The number of fused-ring (bicyclic) bond motifs is 1. The molecule has 0 aromatic carbocycles. The molecule has 148 valence electrons. The summed E-state index contributed by atoms with van der Waals surface area (Å²) in [5.41, 5.74) is 5.30. The van der Waals surface area contributed by atoms with Crippen molar-refractivity contribution in [2.24, 2.45) is 0 Å². The van der Waals surface area contributed by atoms with Crippen LogP contribution in [0, 0.1) is 0 Å². The van der Waals surface area contributed by atoms with E-state index in [0.29, 0.717) is 0 Å². The van der Waals surface area contributed by atoms with Crippen LogP contribution in [0.1, 0.15) is 17.4 Å². The molecule has 2 aliphatic rings. The standard InChI is InChI=1S/C15H14N4O7S2/c1-5(20)26-2-6-3-27-13-8(12(23)19(13)9(6)14(24)25)18-11(22)10(21)7-4-28-15(16)17-7/h4,8,13H,2-3H2,1H3,(H2,16,17)(H,18,22)(H,24,25)/t8-,13-/m1/s1. The average Bonchev–Trinajstić information content (AvgIpc) is 3.08. The topological polar surface area (TPSA) is 169 Å². The average molecular weight is 426 g/mol. The molecule has 0 spiro atoms. The first kappa shape index (κ1) is 19.8. The fourth-order valence-corrected chi connectivity index (χ4v) is 4.57. The number of nitrogens with one attached hydrogen (secondary N) is 1. The second kappa shape index (κ2) is 7.59. The molecule has 1 aromatic rings. The van der Waals surface area contributed by atoms with E-state index in [1.165, 1.54) is 24.1 Å². The predicted octanol–water partition coefficient (Wildman–Crippen LogP) is -0.790. The van der Waals surface area contributed by atoms with E-state index in [1.54, 1.807) is 0 Å². The van der Waals surface area contributed by atoms with Gasteiger partial charge in [0.05, 0.1) is 0 Å². The Hall–Kier alpha value is -2.93. The first-order valence-electron chi connectivity index (χ1n) is 7.80. The van der Waals surface area contributed by atoms with E-state index in [2.05, 4.69) is 10.3 Å². The molecule has 0 saturated carbocycles. The molecule has 2 atom stereocenters. The number of nitrogens with two attached hydrogens (primary N) is 1. The van der Waals surface area contributed by atoms with Crippen LogP contribution >= 0.6 is 23.1 Å². The van der Waals surface area contributed by atoms with Gasteiger partial charge in [0.15, 0.2) is 5.13 Å². The molecule has 1 saturated heterocycles. The fraction of sp³-hybridized carbons (Fsp3) is 0.333. The number of nitrogen functional groups attached to an aromatic ring is 1. The van der Waals surface area contributed by atoms with Gasteiger partial charge in [0.25, 0.3) is 17.6 Å². The van der Waals surface area contributed by atoms with Crippen LogP contribution in [0.25, 0.3) is 0 Å². The number of anilines is 1. The van der Waals surface area contributed by atoms with Crippen LogP contribution < -0.4 is 11.1 Å². The number of rotatable bonds is 6. The molecule has 28 heavy (non-hydrogen) atoms. The highest BCUT2D eigenvalue weighted by Gasteiger charge is 2.54. The maximum atomic E-state index is 12.4. The van der Waals surface area contributed by atoms with Gasteiger partial charge in [-0.1, -0.05) is 0 Å². The van der Waals surface area contributed by atoms with Crippen molar-refractivity contribution in [2.45, 2.75) is 18.3 Å². The molecule has 0 aliphatic carbocycles. The van der Waals surface area contributed by atoms with Crippen LogP contribution in [0.15, 0.2) is 16.7 Å². The molecule has 2 amide bonds. The number of ketones is 1. The molecule has 3 rings (SSSR count). The van der Waals surface area contributed by atoms with Crippen molar-refractivity contribution in [3.05, 3.63) is 22.3 Å². The summed E-state index contributed by atoms with van der Waals surface area (Å²) in [7, 11) is 0. The van der Waals surface area contributed by atoms with Crippen molar-refractivity contribution in [2.75, 3.05) is 18.1 Å². The second-order valence-corrected chi connectivity index (χ2v) is 7.79. The van der Waals surface area contributed by atoms with Crippen molar-refractivity contribution in [3.8, 4) is 0 Å². The minimum atomic E-state index is -1.35. The molecule has 1 aromatic heterocycles. The van der Waals surface area contributed by atoms with Crippen LogP contribution in [-0.4, -0.2) is 68.3 Å². The number of amides is 2. The summed E-state index contributed by atoms with van der Waals surface area (Å²) >= 11 is 2.19. The number of aliphatic carboxylic acids is 1. The first-order chi connectivity index (χ1) is 13.2. The lowest BCUT2D eigenvalue weighted by molar-refractivity contribution is -0.150. The van der Waals surface area contributed by atoms with Crippen molar-refractivity contribution in [1.29, 1.82) is 0 Å². The third kappa shape index (κ3) is 3.57. The Morgan fingerprint density at radius 2 is 2.14 bits per heavy atom. The highest BCUT2D eigenvalue weighted by molar-refractivity contribution is 8.00. The van der Waals surface area contributed by atoms with E-state index in [4.69, 9.17) is 10.5 Å². The predicted molar refractivity (Wildman–Crippen MR) is 97.2 cm³/mol. The number of carboxylic acids is 1. The Kier molecular flexibility index (Phi) is 5.38. The molecule has 2 aliphatic heterocycles. The lowest BCUT2D eigenvalue weighted by atomic mass is 10.0. The Morgan fingerprint density at radius 3 is 2.71 bits per heavy atom. The summed E-state index contributed by atoms with van der Waals surface area (Å²) in [5.74, 6) is -4.38. The van der Waals surface area contributed by atoms with Gasteiger partial charge in [0.1, 0.15) is 29.4 Å². The second-order valence-electron chi connectivity index (χ2n) is 5.80. The van der Waals surface area contributed by atoms with Gasteiger partial charge in [-0.2, -0.15) is 0 Å². The lowest BCUT2D eigenvalue weighted by Gasteiger charge is -2.49. The zero-order valence-corrected chi connectivity index (χ0v) is 16.0. The number of β-lactam (4-membered cyclic amide) rings is 1. The number of nitrogens with zero attached hydrogens (tertiary/aromatic N) is 2. The SMILES string of the molecule is CC(=O)OCC1=C(C(=O)O)N2C(=O)[C@@H](NC(=O)C(=O)c3csc(N)n3)[C@H]2SC1. The number of hydrogen-bond donors (Lipinski definition) is 3. The number of carbonyl (C=O) groups excluding carboxylic acids is 4. The number of hydrogen-bond acceptors (Lipinski definition) is 10. The number of carboxylic acid groups (broad SMARTS) is 1. The molecular weight excluding hydrogens is 412 g/mol. The number of thiazole rings is 1. The molecule has 1 fully saturated rings. The Balaban J connectivity index is 1.73. The van der Waals surface area contributed by atoms with Gasteiger partial charge in [-0.3, -0.25) is 24.1 Å². The van der Waals surface area contributed by atoms with Crippen LogP contribution in [0.3, 0.4) is 0 Å². The van der Waals surface area contributed by atoms with E-state index in [1.807, 2.05) is 0 Å². The summed E-state index contributed by atoms with van der Waals surface area (Å²) in [6.45, 7) is 0.939. The van der Waals surface area contributed by atoms with Gasteiger partial charge < -0.3 is 20.9 Å². The summed E-state index contributed by atoms with van der Waals surface area (Å²) in [5, 5.41) is 12.5. The van der Waals surface area contributed by atoms with Gasteiger partial charge in [-0.25, -0.2) is 9.78 Å². The van der Waals surface area contributed by atoms with Crippen molar-refractivity contribution >= 4 is 57.8 Å². The zero-order valence-electron chi connectivity index (χ0n) is 14.3. The van der Waals surface area contributed by atoms with Crippen LogP contribution in [-0.2, 0) is 23.9 Å². The lowest BCUT2D eigenvalue weighted by Crippen LogP contribution is -2.71. The van der Waals surface area contributed by atoms with Gasteiger partial charge in [0, 0.05) is 23.6 Å². The number of carbonyl (C=O) groups is 5. The van der Waals surface area contributed by atoms with Crippen molar-refractivity contribution in [1.82, 2.24) is 15.2 Å². The maximum Gasteiger partial charge on any atom is 0.352 e. The van der Waals surface area contributed by atoms with Crippen LogP contribution in [0.4, 0.5) is 5.13 Å². The first-order valence-corrected chi connectivity index (χ1v) is 9.73. The quantitative estimate of drug-likeness (QED) is 0.227. The fourth-order valence-electron chi connectivity index (χ4n) is 2.70. The molecule has 0 radical (unpaired) electrons. The van der Waals surface area contributed by atoms with E-state index in [0.717, 1.165) is 16.2 Å². The molecule has 11 nitrogen and oxygen atoms in total. The summed E-state index contributed by atoms with van der Waals surface area (Å²) in [6.07, 6.45) is 0. The normalized spacial score (nSPS) is 20.9. The number of ether oxygens (including phenoxy) is 1. The Bertz CT molecular complexity index is 925. The number of Topliss-reactive ketones (excluding diaryl/α,β-unsaturated/α-hetero) is 1. The summed E-state index contributed by atoms with van der Waals surface area (Å²) in [6, 6.07) is -1.05. The van der Waals surface area contributed by atoms with Crippen molar-refractivity contribution in [3.63, 3.8) is 0 Å².